The third kappa shape index (κ3) is 6.04. The molecule has 7 heteroatoms. The fraction of sp³-hybridized carbons (Fsp3) is 0.909. The number of carbonyl (C=O) groups excluding carboxylic acids is 1. The van der Waals surface area contributed by atoms with E-state index in [1.807, 2.05) is 0 Å². The van der Waals surface area contributed by atoms with E-state index in [9.17, 15) is 18.0 Å². The van der Waals surface area contributed by atoms with E-state index in [0.717, 1.165) is 24.6 Å². The van der Waals surface area contributed by atoms with Crippen molar-refractivity contribution in [2.45, 2.75) is 25.4 Å². The Balaban J connectivity index is 2.28. The Hall–Kier alpha value is -0.300. The highest BCUT2D eigenvalue weighted by Crippen LogP contribution is 2.20. The quantitative estimate of drug-likeness (QED) is 0.725. The van der Waals surface area contributed by atoms with Crippen molar-refractivity contribution in [2.75, 3.05) is 31.6 Å². The zero-order valence-corrected chi connectivity index (χ0v) is 11.6. The number of nitrogens with zero attached hydrogens (tertiary/aromatic N) is 1. The zero-order valence-electron chi connectivity index (χ0n) is 10.0. The van der Waals surface area contributed by atoms with E-state index < -0.39 is 19.4 Å². The first-order valence-corrected chi connectivity index (χ1v) is 7.03. The van der Waals surface area contributed by atoms with E-state index in [1.54, 1.807) is 4.90 Å². The topological polar surface area (TPSA) is 29.5 Å². The van der Waals surface area contributed by atoms with E-state index in [-0.39, 0.29) is 5.91 Å². The Morgan fingerprint density at radius 1 is 1.44 bits per heavy atom. The Bertz CT molecular complexity index is 272. The summed E-state index contributed by atoms with van der Waals surface area (Å²) in [4.78, 5) is 13.3. The van der Waals surface area contributed by atoms with Crippen LogP contribution in [-0.4, -0.2) is 48.6 Å². The fourth-order valence-corrected chi connectivity index (χ4v) is 2.67. The normalized spacial score (nSPS) is 21.1. The molecular formula is C11H17BrF3NO2. The lowest BCUT2D eigenvalue weighted by Gasteiger charge is -2.32. The molecule has 1 amide bonds. The van der Waals surface area contributed by atoms with Gasteiger partial charge in [-0.1, -0.05) is 15.9 Å². The molecule has 0 aromatic heterocycles. The maximum absolute atomic E-state index is 11.9. The SMILES string of the molecule is O=C(COCC(F)(F)F)N1CCCC(CCBr)C1. The molecule has 0 saturated carbocycles. The van der Waals surface area contributed by atoms with Gasteiger partial charge in [-0.05, 0) is 25.2 Å². The fourth-order valence-electron chi connectivity index (χ4n) is 2.03. The van der Waals surface area contributed by atoms with Crippen molar-refractivity contribution in [3.05, 3.63) is 0 Å². The second-order valence-corrected chi connectivity index (χ2v) is 5.23. The van der Waals surface area contributed by atoms with Crippen LogP contribution < -0.4 is 0 Å². The Morgan fingerprint density at radius 3 is 2.78 bits per heavy atom. The number of halogens is 4. The van der Waals surface area contributed by atoms with Crippen LogP contribution in [0, 0.1) is 5.92 Å². The molecule has 1 heterocycles. The molecule has 0 bridgehead atoms. The number of rotatable bonds is 5. The predicted molar refractivity (Wildman–Crippen MR) is 64.6 cm³/mol. The molecule has 3 nitrogen and oxygen atoms in total. The highest BCUT2D eigenvalue weighted by atomic mass is 79.9. The van der Waals surface area contributed by atoms with Gasteiger partial charge in [0.1, 0.15) is 13.2 Å². The molecule has 1 rings (SSSR count). The molecule has 106 valence electrons. The Morgan fingerprint density at radius 2 is 2.17 bits per heavy atom. The lowest BCUT2D eigenvalue weighted by Crippen LogP contribution is -2.42. The summed E-state index contributed by atoms with van der Waals surface area (Å²) in [5.41, 5.74) is 0. The number of amides is 1. The molecule has 0 N–H and O–H groups in total. The van der Waals surface area contributed by atoms with Crippen molar-refractivity contribution in [3.8, 4) is 0 Å². The highest BCUT2D eigenvalue weighted by Gasteiger charge is 2.29. The van der Waals surface area contributed by atoms with Crippen molar-refractivity contribution in [3.63, 3.8) is 0 Å². The number of hydrogen-bond acceptors (Lipinski definition) is 2. The van der Waals surface area contributed by atoms with Crippen molar-refractivity contribution in [2.24, 2.45) is 5.92 Å². The average Bonchev–Trinajstić information content (AvgIpc) is 2.28. The van der Waals surface area contributed by atoms with Crippen LogP contribution >= 0.6 is 15.9 Å². The maximum Gasteiger partial charge on any atom is 0.411 e. The third-order valence-electron chi connectivity index (χ3n) is 2.88. The summed E-state index contributed by atoms with van der Waals surface area (Å²) in [5.74, 6) is 0.0863. The van der Waals surface area contributed by atoms with Crippen LogP contribution in [-0.2, 0) is 9.53 Å². The monoisotopic (exact) mass is 331 g/mol. The van der Waals surface area contributed by atoms with Crippen LogP contribution in [0.4, 0.5) is 13.2 Å². The number of likely N-dealkylation sites (tertiary alicyclic amines) is 1. The summed E-state index contributed by atoms with van der Waals surface area (Å²) in [5, 5.41) is 0.879. The first-order valence-electron chi connectivity index (χ1n) is 5.90. The minimum atomic E-state index is -4.37. The summed E-state index contributed by atoms with van der Waals surface area (Å²) < 4.78 is 39.9. The lowest BCUT2D eigenvalue weighted by molar-refractivity contribution is -0.178. The number of alkyl halides is 4. The summed E-state index contributed by atoms with van der Waals surface area (Å²) in [7, 11) is 0. The van der Waals surface area contributed by atoms with Crippen molar-refractivity contribution < 1.29 is 22.7 Å². The van der Waals surface area contributed by atoms with E-state index in [4.69, 9.17) is 0 Å². The molecule has 0 radical (unpaired) electrons. The Labute approximate surface area is 113 Å². The molecule has 1 atom stereocenters. The van der Waals surface area contributed by atoms with Gasteiger partial charge in [0.25, 0.3) is 0 Å². The van der Waals surface area contributed by atoms with Gasteiger partial charge in [0, 0.05) is 18.4 Å². The van der Waals surface area contributed by atoms with Gasteiger partial charge < -0.3 is 9.64 Å². The second kappa shape index (κ2) is 7.33. The van der Waals surface area contributed by atoms with Crippen molar-refractivity contribution in [1.29, 1.82) is 0 Å². The first kappa shape index (κ1) is 15.8. The minimum Gasteiger partial charge on any atom is -0.362 e. The minimum absolute atomic E-state index is 0.349. The summed E-state index contributed by atoms with van der Waals surface area (Å²) in [6, 6.07) is 0. The van der Waals surface area contributed by atoms with E-state index in [1.165, 1.54) is 0 Å². The van der Waals surface area contributed by atoms with E-state index in [2.05, 4.69) is 20.7 Å². The molecule has 0 aliphatic carbocycles. The molecule has 1 aliphatic rings. The standard InChI is InChI=1S/C11H17BrF3NO2/c12-4-3-9-2-1-5-16(6-9)10(17)7-18-8-11(13,14)15/h9H,1-8H2. The van der Waals surface area contributed by atoms with E-state index >= 15 is 0 Å². The molecule has 1 fully saturated rings. The van der Waals surface area contributed by atoms with Crippen LogP contribution in [0.25, 0.3) is 0 Å². The number of piperidine rings is 1. The molecule has 18 heavy (non-hydrogen) atoms. The van der Waals surface area contributed by atoms with Crippen LogP contribution in [0.15, 0.2) is 0 Å². The Kier molecular flexibility index (Phi) is 6.42. The van der Waals surface area contributed by atoms with Crippen LogP contribution in [0.1, 0.15) is 19.3 Å². The summed E-state index contributed by atoms with van der Waals surface area (Å²) >= 11 is 3.35. The van der Waals surface area contributed by atoms with Gasteiger partial charge in [-0.2, -0.15) is 13.2 Å². The van der Waals surface area contributed by atoms with Gasteiger partial charge in [-0.25, -0.2) is 0 Å². The summed E-state index contributed by atoms with van der Waals surface area (Å²) in [6.07, 6.45) is -1.42. The first-order chi connectivity index (χ1) is 8.42. The molecule has 1 saturated heterocycles. The van der Waals surface area contributed by atoms with Gasteiger partial charge in [0.05, 0.1) is 0 Å². The van der Waals surface area contributed by atoms with Gasteiger partial charge in [0.15, 0.2) is 0 Å². The van der Waals surface area contributed by atoms with Crippen LogP contribution in [0.2, 0.25) is 0 Å². The smallest absolute Gasteiger partial charge is 0.362 e. The van der Waals surface area contributed by atoms with Crippen LogP contribution in [0.5, 0.6) is 0 Å². The molecule has 0 aromatic carbocycles. The summed E-state index contributed by atoms with van der Waals surface area (Å²) in [6.45, 7) is -0.606. The molecule has 1 unspecified atom stereocenters. The van der Waals surface area contributed by atoms with Gasteiger partial charge in [-0.3, -0.25) is 4.79 Å². The zero-order chi connectivity index (χ0) is 13.6. The largest absolute Gasteiger partial charge is 0.411 e. The highest BCUT2D eigenvalue weighted by molar-refractivity contribution is 9.09. The predicted octanol–water partition coefficient (Wildman–Crippen LogP) is 2.59. The van der Waals surface area contributed by atoms with Gasteiger partial charge in [0.2, 0.25) is 5.91 Å². The third-order valence-corrected chi connectivity index (χ3v) is 3.34. The van der Waals surface area contributed by atoms with Gasteiger partial charge >= 0.3 is 6.18 Å². The van der Waals surface area contributed by atoms with Gasteiger partial charge in [-0.15, -0.1) is 0 Å². The molecule has 1 aliphatic heterocycles. The molecule has 0 aromatic rings. The number of ether oxygens (including phenoxy) is 1. The van der Waals surface area contributed by atoms with E-state index in [0.29, 0.717) is 19.0 Å². The molecule has 0 spiro atoms. The second-order valence-electron chi connectivity index (χ2n) is 4.43. The average molecular weight is 332 g/mol. The number of hydrogen-bond donors (Lipinski definition) is 0. The van der Waals surface area contributed by atoms with Crippen LogP contribution in [0.3, 0.4) is 0 Å². The lowest BCUT2D eigenvalue weighted by atomic mass is 9.96. The van der Waals surface area contributed by atoms with Crippen molar-refractivity contribution in [1.82, 2.24) is 4.90 Å². The number of carbonyl (C=O) groups is 1. The maximum atomic E-state index is 11.9. The van der Waals surface area contributed by atoms with Crippen molar-refractivity contribution >= 4 is 21.8 Å². The molecular weight excluding hydrogens is 315 g/mol.